The fourth-order valence-electron chi connectivity index (χ4n) is 0.223. The van der Waals surface area contributed by atoms with Gasteiger partial charge in [0.15, 0.2) is 6.29 Å². The highest BCUT2D eigenvalue weighted by molar-refractivity contribution is 4.24. The van der Waals surface area contributed by atoms with Crippen LogP contribution in [0.4, 0.5) is 0 Å². The summed E-state index contributed by atoms with van der Waals surface area (Å²) in [7, 11) is 0. The van der Waals surface area contributed by atoms with Gasteiger partial charge in [-0.05, 0) is 6.92 Å². The molecule has 7 heavy (non-hydrogen) atoms. The first-order valence-corrected chi connectivity index (χ1v) is 2.18. The first kappa shape index (κ1) is 6.88. The van der Waals surface area contributed by atoms with Crippen LogP contribution in [0.5, 0.6) is 0 Å². The summed E-state index contributed by atoms with van der Waals surface area (Å²) in [4.78, 5) is 0. The molecule has 0 bridgehead atoms. The molecule has 0 aliphatic carbocycles. The number of aliphatic hydroxyl groups is 2. The molecular formula is C4H10O3. The van der Waals surface area contributed by atoms with E-state index in [4.69, 9.17) is 10.2 Å². The largest absolute Gasteiger partial charge is 0.394 e. The lowest BCUT2D eigenvalue weighted by atomic mass is 10.7. The van der Waals surface area contributed by atoms with Gasteiger partial charge in [0.05, 0.1) is 13.2 Å². The van der Waals surface area contributed by atoms with E-state index in [1.165, 1.54) is 6.92 Å². The minimum atomic E-state index is -0.757. The van der Waals surface area contributed by atoms with Gasteiger partial charge in [-0.3, -0.25) is 0 Å². The minimum absolute atomic E-state index is 0.0368. The molecule has 2 N–H and O–H groups in total. The first-order chi connectivity index (χ1) is 3.27. The number of hydrogen-bond donors (Lipinski definition) is 2. The molecule has 0 amide bonds. The van der Waals surface area contributed by atoms with Crippen LogP contribution in [0.15, 0.2) is 0 Å². The summed E-state index contributed by atoms with van der Waals surface area (Å²) < 4.78 is 4.50. The molecule has 0 rings (SSSR count). The van der Waals surface area contributed by atoms with Crippen molar-refractivity contribution >= 4 is 0 Å². The van der Waals surface area contributed by atoms with Crippen molar-refractivity contribution in [2.45, 2.75) is 13.2 Å². The lowest BCUT2D eigenvalue weighted by Gasteiger charge is -2.01. The molecule has 3 nitrogen and oxygen atoms in total. The van der Waals surface area contributed by atoms with E-state index in [-0.39, 0.29) is 13.2 Å². The van der Waals surface area contributed by atoms with Crippen molar-refractivity contribution in [3.63, 3.8) is 0 Å². The Labute approximate surface area is 42.5 Å². The highest BCUT2D eigenvalue weighted by atomic mass is 16.6. The highest BCUT2D eigenvalue weighted by Gasteiger charge is 1.89. The van der Waals surface area contributed by atoms with E-state index in [1.807, 2.05) is 0 Å². The van der Waals surface area contributed by atoms with Crippen LogP contribution in [-0.4, -0.2) is 29.7 Å². The summed E-state index contributed by atoms with van der Waals surface area (Å²) in [6, 6.07) is 0. The fourth-order valence-corrected chi connectivity index (χ4v) is 0.223. The molecule has 3 heteroatoms. The van der Waals surface area contributed by atoms with Crippen molar-refractivity contribution in [3.8, 4) is 0 Å². The van der Waals surface area contributed by atoms with Crippen LogP contribution >= 0.6 is 0 Å². The molecule has 0 radical (unpaired) electrons. The van der Waals surface area contributed by atoms with Gasteiger partial charge in [-0.2, -0.15) is 0 Å². The molecule has 0 aromatic heterocycles. The zero-order valence-corrected chi connectivity index (χ0v) is 4.29. The summed E-state index contributed by atoms with van der Waals surface area (Å²) in [6.45, 7) is 1.66. The van der Waals surface area contributed by atoms with Gasteiger partial charge >= 0.3 is 0 Å². The summed E-state index contributed by atoms with van der Waals surface area (Å²) in [5, 5.41) is 16.4. The predicted molar refractivity (Wildman–Crippen MR) is 24.7 cm³/mol. The highest BCUT2D eigenvalue weighted by Crippen LogP contribution is 1.79. The molecule has 44 valence electrons. The van der Waals surface area contributed by atoms with Gasteiger partial charge in [0.1, 0.15) is 0 Å². The average Bonchev–Trinajstić information content (AvgIpc) is 1.61. The van der Waals surface area contributed by atoms with Crippen molar-refractivity contribution in [1.29, 1.82) is 0 Å². The molecule has 0 unspecified atom stereocenters. The minimum Gasteiger partial charge on any atom is -0.394 e. The van der Waals surface area contributed by atoms with Crippen LogP contribution in [0.1, 0.15) is 6.92 Å². The van der Waals surface area contributed by atoms with Gasteiger partial charge in [-0.1, -0.05) is 0 Å². The Morgan fingerprint density at radius 2 is 2.29 bits per heavy atom. The summed E-state index contributed by atoms with van der Waals surface area (Å²) in [5.41, 5.74) is 0. The van der Waals surface area contributed by atoms with Gasteiger partial charge in [-0.25, -0.2) is 0 Å². The van der Waals surface area contributed by atoms with E-state index in [1.54, 1.807) is 0 Å². The topological polar surface area (TPSA) is 49.7 Å². The van der Waals surface area contributed by atoms with Crippen molar-refractivity contribution in [2.75, 3.05) is 13.2 Å². The van der Waals surface area contributed by atoms with E-state index in [0.29, 0.717) is 0 Å². The zero-order valence-electron chi connectivity index (χ0n) is 4.29. The smallest absolute Gasteiger partial charge is 0.151 e. The third kappa shape index (κ3) is 5.88. The fraction of sp³-hybridized carbons (Fsp3) is 1.00. The molecule has 0 saturated carbocycles. The number of ether oxygens (including phenoxy) is 1. The van der Waals surface area contributed by atoms with Crippen molar-refractivity contribution in [1.82, 2.24) is 0 Å². The second-order valence-electron chi connectivity index (χ2n) is 1.19. The number of hydrogen-bond acceptors (Lipinski definition) is 3. The van der Waals surface area contributed by atoms with Gasteiger partial charge < -0.3 is 14.9 Å². The Balaban J connectivity index is 2.68. The molecular weight excluding hydrogens is 96.0 g/mol. The standard InChI is InChI=1S/C4H10O3/c1-4(6)7-3-2-5/h4-6H,2-3H2,1H3/t4-/m0/s1. The van der Waals surface area contributed by atoms with Crippen molar-refractivity contribution < 1.29 is 14.9 Å². The lowest BCUT2D eigenvalue weighted by molar-refractivity contribution is -0.0932. The van der Waals surface area contributed by atoms with Crippen LogP contribution in [-0.2, 0) is 4.74 Å². The molecule has 0 spiro atoms. The second kappa shape index (κ2) is 4.05. The van der Waals surface area contributed by atoms with E-state index >= 15 is 0 Å². The molecule has 1 atom stereocenters. The molecule has 0 aliphatic rings. The Morgan fingerprint density at radius 1 is 1.71 bits per heavy atom. The number of aliphatic hydroxyl groups excluding tert-OH is 2. The van der Waals surface area contributed by atoms with E-state index in [9.17, 15) is 0 Å². The predicted octanol–water partition coefficient (Wildman–Crippen LogP) is -0.666. The lowest BCUT2D eigenvalue weighted by Crippen LogP contribution is -2.09. The van der Waals surface area contributed by atoms with Gasteiger partial charge in [-0.15, -0.1) is 0 Å². The monoisotopic (exact) mass is 106 g/mol. The van der Waals surface area contributed by atoms with Crippen molar-refractivity contribution in [3.05, 3.63) is 0 Å². The summed E-state index contributed by atoms with van der Waals surface area (Å²) in [5.74, 6) is 0. The maximum absolute atomic E-state index is 8.35. The normalized spacial score (nSPS) is 14.1. The maximum Gasteiger partial charge on any atom is 0.151 e. The summed E-state index contributed by atoms with van der Waals surface area (Å²) in [6.07, 6.45) is -0.757. The van der Waals surface area contributed by atoms with Crippen LogP contribution in [0.25, 0.3) is 0 Å². The number of rotatable bonds is 3. The van der Waals surface area contributed by atoms with Gasteiger partial charge in [0.25, 0.3) is 0 Å². The molecule has 0 fully saturated rings. The zero-order chi connectivity index (χ0) is 5.70. The van der Waals surface area contributed by atoms with E-state index in [0.717, 1.165) is 0 Å². The quantitative estimate of drug-likeness (QED) is 0.469. The first-order valence-electron chi connectivity index (χ1n) is 2.18. The van der Waals surface area contributed by atoms with Gasteiger partial charge in [0.2, 0.25) is 0 Å². The van der Waals surface area contributed by atoms with E-state index < -0.39 is 6.29 Å². The molecule has 0 heterocycles. The van der Waals surface area contributed by atoms with E-state index in [2.05, 4.69) is 4.74 Å². The molecule has 0 aromatic carbocycles. The van der Waals surface area contributed by atoms with Crippen molar-refractivity contribution in [2.24, 2.45) is 0 Å². The maximum atomic E-state index is 8.35. The van der Waals surface area contributed by atoms with Crippen LogP contribution < -0.4 is 0 Å². The Hall–Kier alpha value is -0.120. The average molecular weight is 106 g/mol. The molecule has 0 saturated heterocycles. The Morgan fingerprint density at radius 3 is 2.43 bits per heavy atom. The van der Waals surface area contributed by atoms with Crippen LogP contribution in [0.3, 0.4) is 0 Å². The Bertz CT molecular complexity index is 35.9. The Kier molecular flexibility index (Phi) is 3.98. The third-order valence-corrected chi connectivity index (χ3v) is 0.450. The molecule has 0 aliphatic heterocycles. The van der Waals surface area contributed by atoms with Crippen LogP contribution in [0.2, 0.25) is 0 Å². The van der Waals surface area contributed by atoms with Gasteiger partial charge in [0, 0.05) is 0 Å². The third-order valence-electron chi connectivity index (χ3n) is 0.450. The second-order valence-corrected chi connectivity index (χ2v) is 1.19. The SMILES string of the molecule is C[C@@H](O)OCCO. The summed E-state index contributed by atoms with van der Waals surface area (Å²) >= 11 is 0. The molecule has 0 aromatic rings. The van der Waals surface area contributed by atoms with Crippen LogP contribution in [0, 0.1) is 0 Å².